The van der Waals surface area contributed by atoms with E-state index in [1.54, 1.807) is 16.8 Å². The van der Waals surface area contributed by atoms with E-state index in [2.05, 4.69) is 22.3 Å². The zero-order valence-corrected chi connectivity index (χ0v) is 14.8. The van der Waals surface area contributed by atoms with E-state index in [0.29, 0.717) is 12.5 Å². The summed E-state index contributed by atoms with van der Waals surface area (Å²) in [5.41, 5.74) is 7.49. The second-order valence-electron chi connectivity index (χ2n) is 4.67. The molecular weight excluding hydrogens is 396 g/mol. The van der Waals surface area contributed by atoms with Crippen LogP contribution < -0.4 is 11.1 Å². The van der Waals surface area contributed by atoms with Crippen LogP contribution in [0.1, 0.15) is 19.0 Å². The van der Waals surface area contributed by atoms with Gasteiger partial charge in [-0.2, -0.15) is 5.10 Å². The highest BCUT2D eigenvalue weighted by atomic mass is 127. The van der Waals surface area contributed by atoms with Crippen molar-refractivity contribution in [3.05, 3.63) is 48.0 Å². The molecule has 7 heteroatoms. The number of rotatable bonds is 6. The third-order valence-electron chi connectivity index (χ3n) is 2.93. The molecule has 0 unspecified atom stereocenters. The fourth-order valence-corrected chi connectivity index (χ4v) is 1.84. The monoisotopic (exact) mass is 417 g/mol. The van der Waals surface area contributed by atoms with Gasteiger partial charge in [0.25, 0.3) is 0 Å². The SMILES string of the molecule is CCCN=C(N)NCCc1ccn(-c2ccc(F)cc2)n1.I. The Labute approximate surface area is 146 Å². The minimum Gasteiger partial charge on any atom is -0.370 e. The van der Waals surface area contributed by atoms with Gasteiger partial charge in [0.05, 0.1) is 11.4 Å². The van der Waals surface area contributed by atoms with Gasteiger partial charge in [-0.05, 0) is 36.8 Å². The summed E-state index contributed by atoms with van der Waals surface area (Å²) in [7, 11) is 0. The molecule has 1 aromatic carbocycles. The summed E-state index contributed by atoms with van der Waals surface area (Å²) in [4.78, 5) is 4.16. The Hall–Kier alpha value is -1.64. The van der Waals surface area contributed by atoms with Crippen LogP contribution in [0.4, 0.5) is 4.39 Å². The minimum absolute atomic E-state index is 0. The van der Waals surface area contributed by atoms with Gasteiger partial charge in [-0.1, -0.05) is 6.92 Å². The van der Waals surface area contributed by atoms with Gasteiger partial charge in [-0.3, -0.25) is 4.99 Å². The van der Waals surface area contributed by atoms with E-state index in [4.69, 9.17) is 5.73 Å². The molecule has 0 aliphatic heterocycles. The second-order valence-corrected chi connectivity index (χ2v) is 4.67. The molecule has 0 aliphatic rings. The smallest absolute Gasteiger partial charge is 0.188 e. The van der Waals surface area contributed by atoms with Crippen molar-refractivity contribution in [2.75, 3.05) is 13.1 Å². The van der Waals surface area contributed by atoms with Crippen LogP contribution in [0.15, 0.2) is 41.5 Å². The van der Waals surface area contributed by atoms with Crippen molar-refractivity contribution in [2.45, 2.75) is 19.8 Å². The molecule has 22 heavy (non-hydrogen) atoms. The lowest BCUT2D eigenvalue weighted by atomic mass is 10.3. The van der Waals surface area contributed by atoms with Gasteiger partial charge >= 0.3 is 0 Å². The zero-order chi connectivity index (χ0) is 15.1. The number of nitrogens with zero attached hydrogens (tertiary/aromatic N) is 3. The van der Waals surface area contributed by atoms with Gasteiger partial charge in [0.2, 0.25) is 0 Å². The molecule has 3 N–H and O–H groups in total. The van der Waals surface area contributed by atoms with Gasteiger partial charge in [0.1, 0.15) is 5.82 Å². The topological polar surface area (TPSA) is 68.2 Å². The molecule has 1 aromatic heterocycles. The normalized spacial score (nSPS) is 11.1. The number of aliphatic imine (C=N–C) groups is 1. The number of aromatic nitrogens is 2. The Bertz CT molecular complexity index is 594. The second kappa shape index (κ2) is 9.39. The average molecular weight is 417 g/mol. The van der Waals surface area contributed by atoms with Crippen LogP contribution in [-0.2, 0) is 6.42 Å². The van der Waals surface area contributed by atoms with Gasteiger partial charge in [-0.15, -0.1) is 24.0 Å². The quantitative estimate of drug-likeness (QED) is 0.431. The lowest BCUT2D eigenvalue weighted by Gasteiger charge is -2.04. The molecule has 5 nitrogen and oxygen atoms in total. The Balaban J connectivity index is 0.00000242. The van der Waals surface area contributed by atoms with E-state index >= 15 is 0 Å². The highest BCUT2D eigenvalue weighted by molar-refractivity contribution is 14.0. The van der Waals surface area contributed by atoms with Crippen LogP contribution >= 0.6 is 24.0 Å². The molecule has 2 aromatic rings. The van der Waals surface area contributed by atoms with Crippen molar-refractivity contribution >= 4 is 29.9 Å². The molecule has 0 fully saturated rings. The Morgan fingerprint density at radius 3 is 2.73 bits per heavy atom. The summed E-state index contributed by atoms with van der Waals surface area (Å²) in [5, 5.41) is 7.49. The average Bonchev–Trinajstić information content (AvgIpc) is 2.95. The Kier molecular flexibility index (Phi) is 7.86. The molecule has 120 valence electrons. The minimum atomic E-state index is -0.253. The predicted octanol–water partition coefficient (Wildman–Crippen LogP) is 2.49. The summed E-state index contributed by atoms with van der Waals surface area (Å²) >= 11 is 0. The van der Waals surface area contributed by atoms with Crippen LogP contribution in [0.2, 0.25) is 0 Å². The molecular formula is C15H21FIN5. The van der Waals surface area contributed by atoms with Crippen molar-refractivity contribution in [2.24, 2.45) is 10.7 Å². The fraction of sp³-hybridized carbons (Fsp3) is 0.333. The van der Waals surface area contributed by atoms with Crippen LogP contribution in [0.25, 0.3) is 5.69 Å². The molecule has 0 atom stereocenters. The van der Waals surface area contributed by atoms with Gasteiger partial charge in [0, 0.05) is 25.7 Å². The van der Waals surface area contributed by atoms with E-state index in [9.17, 15) is 4.39 Å². The third kappa shape index (κ3) is 5.63. The number of hydrogen-bond donors (Lipinski definition) is 2. The van der Waals surface area contributed by atoms with Gasteiger partial charge < -0.3 is 11.1 Å². The molecule has 1 heterocycles. The van der Waals surface area contributed by atoms with Crippen molar-refractivity contribution in [1.82, 2.24) is 15.1 Å². The summed E-state index contributed by atoms with van der Waals surface area (Å²) < 4.78 is 14.6. The van der Waals surface area contributed by atoms with Gasteiger partial charge in [0.15, 0.2) is 5.96 Å². The Morgan fingerprint density at radius 2 is 2.05 bits per heavy atom. The molecule has 2 rings (SSSR count). The summed E-state index contributed by atoms with van der Waals surface area (Å²) in [6, 6.07) is 8.16. The van der Waals surface area contributed by atoms with Gasteiger partial charge in [-0.25, -0.2) is 9.07 Å². The number of benzene rings is 1. The number of guanidine groups is 1. The number of nitrogens with two attached hydrogens (primary N) is 1. The van der Waals surface area contributed by atoms with E-state index in [-0.39, 0.29) is 29.8 Å². The van der Waals surface area contributed by atoms with Crippen molar-refractivity contribution in [1.29, 1.82) is 0 Å². The lowest BCUT2D eigenvalue weighted by Crippen LogP contribution is -2.33. The first-order chi connectivity index (χ1) is 10.2. The van der Waals surface area contributed by atoms with Crippen LogP contribution in [-0.4, -0.2) is 28.8 Å². The summed E-state index contributed by atoms with van der Waals surface area (Å²) in [6.07, 6.45) is 3.58. The molecule has 0 amide bonds. The molecule has 0 bridgehead atoms. The molecule has 0 aliphatic carbocycles. The van der Waals surface area contributed by atoms with Crippen molar-refractivity contribution in [3.63, 3.8) is 0 Å². The van der Waals surface area contributed by atoms with Crippen LogP contribution in [0.3, 0.4) is 0 Å². The molecule has 0 spiro atoms. The van der Waals surface area contributed by atoms with Crippen molar-refractivity contribution in [3.8, 4) is 5.69 Å². The van der Waals surface area contributed by atoms with Crippen LogP contribution in [0.5, 0.6) is 0 Å². The highest BCUT2D eigenvalue weighted by Crippen LogP contribution is 2.09. The maximum Gasteiger partial charge on any atom is 0.188 e. The summed E-state index contributed by atoms with van der Waals surface area (Å²) in [5.74, 6) is 0.215. The van der Waals surface area contributed by atoms with E-state index in [1.165, 1.54) is 12.1 Å². The number of hydrogen-bond acceptors (Lipinski definition) is 2. The first-order valence-electron chi connectivity index (χ1n) is 7.03. The largest absolute Gasteiger partial charge is 0.370 e. The lowest BCUT2D eigenvalue weighted by molar-refractivity contribution is 0.627. The highest BCUT2D eigenvalue weighted by Gasteiger charge is 2.02. The molecule has 0 saturated heterocycles. The molecule has 0 radical (unpaired) electrons. The molecule has 0 saturated carbocycles. The number of nitrogens with one attached hydrogen (secondary N) is 1. The van der Waals surface area contributed by atoms with E-state index in [0.717, 1.165) is 30.8 Å². The van der Waals surface area contributed by atoms with Crippen LogP contribution in [0, 0.1) is 5.82 Å². The number of halogens is 2. The Morgan fingerprint density at radius 1 is 1.32 bits per heavy atom. The van der Waals surface area contributed by atoms with E-state index in [1.807, 2.05) is 12.3 Å². The maximum absolute atomic E-state index is 12.9. The first-order valence-corrected chi connectivity index (χ1v) is 7.03. The van der Waals surface area contributed by atoms with Crippen molar-refractivity contribution < 1.29 is 4.39 Å². The fourth-order valence-electron chi connectivity index (χ4n) is 1.84. The zero-order valence-electron chi connectivity index (χ0n) is 12.5. The predicted molar refractivity (Wildman–Crippen MR) is 97.4 cm³/mol. The first kappa shape index (κ1) is 18.4. The van der Waals surface area contributed by atoms with E-state index < -0.39 is 0 Å². The maximum atomic E-state index is 12.9. The third-order valence-corrected chi connectivity index (χ3v) is 2.93. The standard InChI is InChI=1S/C15H20FN5.HI/c1-2-9-18-15(17)19-10-7-13-8-11-21(20-13)14-5-3-12(16)4-6-14;/h3-6,8,11H,2,7,9-10H2,1H3,(H3,17,18,19);1H. The summed E-state index contributed by atoms with van der Waals surface area (Å²) in [6.45, 7) is 3.47.